The van der Waals surface area contributed by atoms with E-state index in [9.17, 15) is 14.7 Å². The minimum absolute atomic E-state index is 0.114. The summed E-state index contributed by atoms with van der Waals surface area (Å²) in [5, 5.41) is 9.19. The first kappa shape index (κ1) is 65.4. The second kappa shape index (κ2) is 36.6. The number of carbonyl (C=O) groups excluding carboxylic acids is 2. The van der Waals surface area contributed by atoms with Crippen LogP contribution in [0, 0.1) is 94.7 Å². The van der Waals surface area contributed by atoms with Crippen LogP contribution in [-0.4, -0.2) is 108 Å². The molecule has 10 heteroatoms. The second-order valence-electron chi connectivity index (χ2n) is 27.7. The molecular formula is C69H123NO9. The van der Waals surface area contributed by atoms with Crippen molar-refractivity contribution in [3.8, 4) is 0 Å². The smallest absolute Gasteiger partial charge is 0.305 e. The van der Waals surface area contributed by atoms with Gasteiger partial charge in [-0.05, 0) is 256 Å². The van der Waals surface area contributed by atoms with Crippen molar-refractivity contribution < 1.29 is 43.1 Å². The molecule has 0 saturated heterocycles. The predicted octanol–water partition coefficient (Wildman–Crippen LogP) is 15.7. The summed E-state index contributed by atoms with van der Waals surface area (Å²) in [7, 11) is 1.77. The molecule has 8 saturated carbocycles. The number of carbonyl (C=O) groups is 2. The maximum atomic E-state index is 12.7. The summed E-state index contributed by atoms with van der Waals surface area (Å²) in [4.78, 5) is 26.0. The maximum absolute atomic E-state index is 12.7. The van der Waals surface area contributed by atoms with Gasteiger partial charge in [-0.15, -0.1) is 0 Å². The summed E-state index contributed by atoms with van der Waals surface area (Å²) in [6.07, 6.45) is 41.4. The first-order valence-corrected chi connectivity index (χ1v) is 34.6. The number of ether oxygens (including phenoxy) is 6. The van der Waals surface area contributed by atoms with Gasteiger partial charge >= 0.3 is 5.97 Å². The number of methoxy groups -OCH3 is 1. The molecule has 0 aromatic carbocycles. The molecule has 0 aliphatic heterocycles. The molecule has 458 valence electrons. The van der Waals surface area contributed by atoms with E-state index in [0.717, 1.165) is 205 Å². The Morgan fingerprint density at radius 3 is 1.14 bits per heavy atom. The Hall–Kier alpha value is -1.14. The van der Waals surface area contributed by atoms with Crippen LogP contribution in [0.2, 0.25) is 0 Å². The van der Waals surface area contributed by atoms with Crippen LogP contribution in [0.25, 0.3) is 0 Å². The molecule has 16 unspecified atom stereocenters. The first-order valence-electron chi connectivity index (χ1n) is 34.6. The molecule has 8 rings (SSSR count). The van der Waals surface area contributed by atoms with Gasteiger partial charge in [0.1, 0.15) is 6.29 Å². The van der Waals surface area contributed by atoms with Crippen molar-refractivity contribution in [3.05, 3.63) is 0 Å². The lowest BCUT2D eigenvalue weighted by molar-refractivity contribution is -0.160. The third kappa shape index (κ3) is 26.8. The topological polar surface area (TPSA) is 113 Å². The van der Waals surface area contributed by atoms with E-state index in [2.05, 4.69) is 32.6 Å². The Bertz CT molecular complexity index is 1550. The summed E-state index contributed by atoms with van der Waals surface area (Å²) >= 11 is 0. The first-order chi connectivity index (χ1) is 38.7. The van der Waals surface area contributed by atoms with Gasteiger partial charge in [0, 0.05) is 39.6 Å². The number of aliphatic hydroxyl groups is 1. The Balaban J connectivity index is 0.000000262. The molecule has 16 atom stereocenters. The van der Waals surface area contributed by atoms with E-state index in [-0.39, 0.29) is 25.2 Å². The molecule has 0 aromatic heterocycles. The lowest BCUT2D eigenvalue weighted by atomic mass is 10.1. The highest BCUT2D eigenvalue weighted by Crippen LogP contribution is 2.57. The molecule has 0 heterocycles. The van der Waals surface area contributed by atoms with Gasteiger partial charge in [0.15, 0.2) is 12.6 Å². The third-order valence-corrected chi connectivity index (χ3v) is 21.4. The van der Waals surface area contributed by atoms with E-state index < -0.39 is 0 Å². The van der Waals surface area contributed by atoms with Crippen LogP contribution in [0.1, 0.15) is 246 Å². The largest absolute Gasteiger partial charge is 0.466 e. The van der Waals surface area contributed by atoms with Crippen molar-refractivity contribution in [1.29, 1.82) is 0 Å². The molecule has 8 aliphatic rings. The van der Waals surface area contributed by atoms with E-state index >= 15 is 0 Å². The Morgan fingerprint density at radius 1 is 0.443 bits per heavy atom. The van der Waals surface area contributed by atoms with Crippen molar-refractivity contribution in [3.63, 3.8) is 0 Å². The summed E-state index contributed by atoms with van der Waals surface area (Å²) in [5.41, 5.74) is 0. The van der Waals surface area contributed by atoms with Crippen LogP contribution in [0.15, 0.2) is 0 Å². The second-order valence-corrected chi connectivity index (χ2v) is 27.7. The number of unbranched alkanes of at least 4 members (excludes halogenated alkanes) is 7. The Labute approximate surface area is 484 Å². The van der Waals surface area contributed by atoms with E-state index in [4.69, 9.17) is 28.4 Å². The number of esters is 1. The Kier molecular flexibility index (Phi) is 30.3. The van der Waals surface area contributed by atoms with Gasteiger partial charge < -0.3 is 43.2 Å². The molecule has 8 fully saturated rings. The molecular weight excluding hydrogens is 987 g/mol. The number of hydrogen-bond donors (Lipinski definition) is 1. The highest BCUT2D eigenvalue weighted by Gasteiger charge is 2.47. The van der Waals surface area contributed by atoms with Crippen molar-refractivity contribution in [2.24, 2.45) is 94.7 Å². The van der Waals surface area contributed by atoms with Gasteiger partial charge in [-0.25, -0.2) is 0 Å². The summed E-state index contributed by atoms with van der Waals surface area (Å²) in [5.74, 6) is 15.3. The molecule has 8 aliphatic carbocycles. The number of rotatable bonds is 52. The summed E-state index contributed by atoms with van der Waals surface area (Å²) < 4.78 is 35.5. The van der Waals surface area contributed by atoms with E-state index in [1.54, 1.807) is 7.11 Å². The molecule has 79 heavy (non-hydrogen) atoms. The van der Waals surface area contributed by atoms with E-state index in [1.165, 1.54) is 141 Å². The monoisotopic (exact) mass is 1110 g/mol. The lowest BCUT2D eigenvalue weighted by Crippen LogP contribution is -2.27. The van der Waals surface area contributed by atoms with Crippen LogP contribution >= 0.6 is 0 Å². The highest BCUT2D eigenvalue weighted by atomic mass is 16.7. The lowest BCUT2D eigenvalue weighted by Gasteiger charge is -2.22. The zero-order valence-electron chi connectivity index (χ0n) is 51.7. The maximum Gasteiger partial charge on any atom is 0.305 e. The van der Waals surface area contributed by atoms with Crippen LogP contribution in [-0.2, 0) is 38.0 Å². The zero-order chi connectivity index (χ0) is 55.6. The molecule has 0 bridgehead atoms. The SMILES string of the molecule is CCC1CC1CC1CC1CCOC(CCC(=O)OCCCCCCN(CCCCO)CCCCCCOC)OCCC1CC1CC1CC1CC.CCC1CC1CC1CC1CCOC(CCC=O)OCCC1CC1CC1CC1CC. The fraction of sp³-hybridized carbons (Fsp3) is 0.971. The van der Waals surface area contributed by atoms with Crippen molar-refractivity contribution in [1.82, 2.24) is 4.90 Å². The van der Waals surface area contributed by atoms with Crippen LogP contribution in [0.4, 0.5) is 0 Å². The van der Waals surface area contributed by atoms with Crippen molar-refractivity contribution in [2.45, 2.75) is 259 Å². The molecule has 0 spiro atoms. The highest BCUT2D eigenvalue weighted by molar-refractivity contribution is 5.69. The normalized spacial score (nSPS) is 32.9. The Morgan fingerprint density at radius 2 is 0.785 bits per heavy atom. The minimum atomic E-state index is -0.288. The average molecular weight is 1110 g/mol. The zero-order valence-corrected chi connectivity index (χ0v) is 51.7. The number of nitrogens with zero attached hydrogens (tertiary/aromatic N) is 1. The fourth-order valence-electron chi connectivity index (χ4n) is 14.8. The fourth-order valence-corrected chi connectivity index (χ4v) is 14.8. The molecule has 0 aromatic rings. The predicted molar refractivity (Wildman–Crippen MR) is 319 cm³/mol. The van der Waals surface area contributed by atoms with E-state index in [1.807, 2.05) is 0 Å². The summed E-state index contributed by atoms with van der Waals surface area (Å²) in [6, 6.07) is 0. The number of aliphatic hydroxyl groups excluding tert-OH is 1. The van der Waals surface area contributed by atoms with Crippen LogP contribution in [0.3, 0.4) is 0 Å². The average Bonchev–Trinajstić information content (AvgIpc) is 4.40. The van der Waals surface area contributed by atoms with Crippen molar-refractivity contribution in [2.75, 3.05) is 73.0 Å². The standard InChI is InChI=1S/C43H79NO6.C26H44O3/c1-4-34-28-38(34)32-40-30-36(40)18-26-49-43(50-27-19-37-31-41(37)33-39-29-35(39)5-2)17-16-42(46)48-25-15-9-7-11-21-44(22-12-13-23-45)20-10-6-8-14-24-47-3;1-3-18-12-22(18)16-24-14-20(24)7-10-28-26(6-5-9-27)29-11-8-21-15-25(21)17-23-13-19(23)4-2/h34-41,43,45H,4-33H2,1-3H3;9,18-26H,3-8,10-17H2,1-2H3. The van der Waals surface area contributed by atoms with Gasteiger partial charge in [0.2, 0.25) is 0 Å². The minimum Gasteiger partial charge on any atom is -0.466 e. The number of hydrogen-bond acceptors (Lipinski definition) is 10. The van der Waals surface area contributed by atoms with Crippen LogP contribution < -0.4 is 0 Å². The van der Waals surface area contributed by atoms with Crippen molar-refractivity contribution >= 4 is 12.3 Å². The third-order valence-electron chi connectivity index (χ3n) is 21.4. The van der Waals surface area contributed by atoms with Gasteiger partial charge in [0.05, 0.1) is 39.5 Å². The molecule has 0 radical (unpaired) electrons. The van der Waals surface area contributed by atoms with Crippen LogP contribution in [0.5, 0.6) is 0 Å². The number of aldehydes is 1. The molecule has 0 amide bonds. The summed E-state index contributed by atoms with van der Waals surface area (Å²) in [6.45, 7) is 17.5. The van der Waals surface area contributed by atoms with Gasteiger partial charge in [-0.1, -0.05) is 79.1 Å². The van der Waals surface area contributed by atoms with E-state index in [0.29, 0.717) is 32.3 Å². The molecule has 1 N–H and O–H groups in total. The quantitative estimate of drug-likeness (QED) is 0.0273. The van der Waals surface area contributed by atoms with Gasteiger partial charge in [-0.2, -0.15) is 0 Å². The van der Waals surface area contributed by atoms with Gasteiger partial charge in [0.25, 0.3) is 0 Å². The molecule has 10 nitrogen and oxygen atoms in total. The van der Waals surface area contributed by atoms with Gasteiger partial charge in [-0.3, -0.25) is 4.79 Å².